The van der Waals surface area contributed by atoms with Crippen LogP contribution >= 0.6 is 0 Å². The summed E-state index contributed by atoms with van der Waals surface area (Å²) < 4.78 is 15.2. The molecule has 0 aliphatic carbocycles. The minimum absolute atomic E-state index is 0.346. The van der Waals surface area contributed by atoms with E-state index >= 15 is 0 Å². The Morgan fingerprint density at radius 1 is 0.735 bits per heavy atom. The van der Waals surface area contributed by atoms with Gasteiger partial charge in [0.05, 0.1) is 11.0 Å². The van der Waals surface area contributed by atoms with Gasteiger partial charge in [-0.15, -0.1) is 0 Å². The molecule has 0 unspecified atom stereocenters. The second kappa shape index (κ2) is 9.58. The predicted molar refractivity (Wildman–Crippen MR) is 134 cm³/mol. The van der Waals surface area contributed by atoms with Crippen LogP contribution in [0.5, 0.6) is 0 Å². The molecule has 0 atom stereocenters. The lowest BCUT2D eigenvalue weighted by Crippen LogP contribution is -2.19. The van der Waals surface area contributed by atoms with Gasteiger partial charge in [0, 0.05) is 23.5 Å². The highest BCUT2D eigenvalue weighted by atomic mass is 19.1. The van der Waals surface area contributed by atoms with Crippen LogP contribution in [0.3, 0.4) is 0 Å². The maximum Gasteiger partial charge on any atom is 0.323 e. The van der Waals surface area contributed by atoms with Crippen molar-refractivity contribution < 1.29 is 9.18 Å². The third kappa shape index (κ3) is 4.81. The van der Waals surface area contributed by atoms with E-state index in [-0.39, 0.29) is 11.8 Å². The molecule has 1 aromatic heterocycles. The number of urea groups is 1. The molecule has 1 heterocycles. The molecule has 0 aliphatic heterocycles. The second-order valence-electron chi connectivity index (χ2n) is 7.97. The van der Waals surface area contributed by atoms with Crippen LogP contribution in [-0.4, -0.2) is 15.6 Å². The van der Waals surface area contributed by atoms with Crippen molar-refractivity contribution in [2.24, 2.45) is 0 Å². The van der Waals surface area contributed by atoms with Crippen LogP contribution in [-0.2, 0) is 12.8 Å². The lowest BCUT2D eigenvalue weighted by Gasteiger charge is -2.10. The van der Waals surface area contributed by atoms with Gasteiger partial charge in [-0.3, -0.25) is 4.57 Å². The van der Waals surface area contributed by atoms with Crippen molar-refractivity contribution in [2.75, 3.05) is 10.6 Å². The largest absolute Gasteiger partial charge is 0.323 e. The van der Waals surface area contributed by atoms with Gasteiger partial charge < -0.3 is 10.6 Å². The molecular weight excluding hydrogens is 427 g/mol. The fourth-order valence-electron chi connectivity index (χ4n) is 3.95. The molecule has 4 aromatic carbocycles. The Morgan fingerprint density at radius 3 is 2.06 bits per heavy atom. The normalized spacial score (nSPS) is 10.9. The SMILES string of the molecule is O=C(Nc1ccc(F)cc1)Nc1ccc(CCc2nc3ccccc3n2-c2ccccc2)cc1. The first-order valence-corrected chi connectivity index (χ1v) is 11.1. The molecule has 168 valence electrons. The summed E-state index contributed by atoms with van der Waals surface area (Å²) in [6.07, 6.45) is 1.60. The molecule has 0 bridgehead atoms. The molecule has 0 saturated carbocycles. The van der Waals surface area contributed by atoms with E-state index in [4.69, 9.17) is 4.98 Å². The highest BCUT2D eigenvalue weighted by Gasteiger charge is 2.12. The Balaban J connectivity index is 1.26. The smallest absolute Gasteiger partial charge is 0.308 e. The van der Waals surface area contributed by atoms with E-state index in [2.05, 4.69) is 33.4 Å². The van der Waals surface area contributed by atoms with E-state index in [0.29, 0.717) is 11.4 Å². The van der Waals surface area contributed by atoms with Crippen LogP contribution in [0, 0.1) is 5.82 Å². The summed E-state index contributed by atoms with van der Waals surface area (Å²) in [5.74, 6) is 0.661. The van der Waals surface area contributed by atoms with Crippen molar-refractivity contribution in [3.05, 3.63) is 120 Å². The number of carbonyl (C=O) groups is 1. The summed E-state index contributed by atoms with van der Waals surface area (Å²) in [6.45, 7) is 0. The molecule has 2 amide bonds. The molecule has 0 saturated heterocycles. The zero-order chi connectivity index (χ0) is 23.3. The molecule has 2 N–H and O–H groups in total. The van der Waals surface area contributed by atoms with Gasteiger partial charge in [0.25, 0.3) is 0 Å². The number of hydrogen-bond donors (Lipinski definition) is 2. The van der Waals surface area contributed by atoms with Gasteiger partial charge >= 0.3 is 6.03 Å². The Hall–Kier alpha value is -4.45. The van der Waals surface area contributed by atoms with Gasteiger partial charge in [-0.25, -0.2) is 14.2 Å². The van der Waals surface area contributed by atoms with Crippen LogP contribution in [0.15, 0.2) is 103 Å². The molecular formula is C28H23FN4O. The number of benzene rings is 4. The van der Waals surface area contributed by atoms with Crippen molar-refractivity contribution in [1.29, 1.82) is 0 Å². The van der Waals surface area contributed by atoms with Crippen LogP contribution in [0.25, 0.3) is 16.7 Å². The highest BCUT2D eigenvalue weighted by Crippen LogP contribution is 2.23. The van der Waals surface area contributed by atoms with E-state index in [9.17, 15) is 9.18 Å². The number of nitrogens with one attached hydrogen (secondary N) is 2. The standard InChI is InChI=1S/C28H23FN4O/c29-21-13-17-23(18-14-21)31-28(34)30-22-15-10-20(11-16-22)12-19-27-32-25-8-4-5-9-26(25)33(27)24-6-2-1-3-7-24/h1-11,13-18H,12,19H2,(H2,30,31,34). The number of anilines is 2. The molecule has 5 aromatic rings. The number of carbonyl (C=O) groups excluding carboxylic acids is 1. The van der Waals surface area contributed by atoms with Gasteiger partial charge in [-0.2, -0.15) is 0 Å². The van der Waals surface area contributed by atoms with E-state index in [1.807, 2.05) is 60.7 Å². The zero-order valence-corrected chi connectivity index (χ0v) is 18.4. The molecule has 0 aliphatic rings. The minimum Gasteiger partial charge on any atom is -0.308 e. The predicted octanol–water partition coefficient (Wildman–Crippen LogP) is 6.59. The fraction of sp³-hybridized carbons (Fsp3) is 0.0714. The maximum absolute atomic E-state index is 13.0. The number of aryl methyl sites for hydroxylation is 2. The summed E-state index contributed by atoms with van der Waals surface area (Å²) in [5, 5.41) is 5.48. The number of fused-ring (bicyclic) bond motifs is 1. The maximum atomic E-state index is 13.0. The van der Waals surface area contributed by atoms with Gasteiger partial charge in [0.15, 0.2) is 0 Å². The number of aromatic nitrogens is 2. The number of imidazole rings is 1. The molecule has 0 radical (unpaired) electrons. The average molecular weight is 451 g/mol. The molecule has 5 nitrogen and oxygen atoms in total. The number of rotatable bonds is 6. The van der Waals surface area contributed by atoms with Gasteiger partial charge in [0.2, 0.25) is 0 Å². The minimum atomic E-state index is -0.379. The Kier molecular flexibility index (Phi) is 6.03. The highest BCUT2D eigenvalue weighted by molar-refractivity contribution is 5.99. The van der Waals surface area contributed by atoms with Crippen LogP contribution < -0.4 is 10.6 Å². The fourth-order valence-corrected chi connectivity index (χ4v) is 3.95. The van der Waals surface area contributed by atoms with E-state index in [0.717, 1.165) is 41.0 Å². The molecule has 0 spiro atoms. The first kappa shape index (κ1) is 21.4. The van der Waals surface area contributed by atoms with Crippen LogP contribution in [0.2, 0.25) is 0 Å². The van der Waals surface area contributed by atoms with Crippen molar-refractivity contribution in [2.45, 2.75) is 12.8 Å². The summed E-state index contributed by atoms with van der Waals surface area (Å²) in [5.41, 5.74) is 5.52. The summed E-state index contributed by atoms with van der Waals surface area (Å²) in [7, 11) is 0. The van der Waals surface area contributed by atoms with E-state index in [1.165, 1.54) is 24.3 Å². The molecule has 6 heteroatoms. The number of para-hydroxylation sites is 3. The van der Waals surface area contributed by atoms with Crippen molar-refractivity contribution in [1.82, 2.24) is 9.55 Å². The van der Waals surface area contributed by atoms with Gasteiger partial charge in [-0.05, 0) is 72.6 Å². The Bertz CT molecular complexity index is 1410. The van der Waals surface area contributed by atoms with Gasteiger partial charge in [0.1, 0.15) is 11.6 Å². The second-order valence-corrected chi connectivity index (χ2v) is 7.97. The number of hydrogen-bond acceptors (Lipinski definition) is 2. The quantitative estimate of drug-likeness (QED) is 0.306. The number of amides is 2. The summed E-state index contributed by atoms with van der Waals surface area (Å²) in [4.78, 5) is 17.1. The van der Waals surface area contributed by atoms with Crippen LogP contribution in [0.4, 0.5) is 20.6 Å². The van der Waals surface area contributed by atoms with Crippen molar-refractivity contribution in [3.8, 4) is 5.69 Å². The van der Waals surface area contributed by atoms with Crippen molar-refractivity contribution >= 4 is 28.4 Å². The molecule has 5 rings (SSSR count). The third-order valence-electron chi connectivity index (χ3n) is 5.60. The van der Waals surface area contributed by atoms with Gasteiger partial charge in [-0.1, -0.05) is 42.5 Å². The molecule has 34 heavy (non-hydrogen) atoms. The van der Waals surface area contributed by atoms with E-state index in [1.54, 1.807) is 0 Å². The lowest BCUT2D eigenvalue weighted by molar-refractivity contribution is 0.262. The van der Waals surface area contributed by atoms with E-state index < -0.39 is 0 Å². The first-order chi connectivity index (χ1) is 16.7. The monoisotopic (exact) mass is 450 g/mol. The third-order valence-corrected chi connectivity index (χ3v) is 5.60. The summed E-state index contributed by atoms with van der Waals surface area (Å²) in [6, 6.07) is 31.4. The Labute approximate surface area is 196 Å². The average Bonchev–Trinajstić information content (AvgIpc) is 3.24. The zero-order valence-electron chi connectivity index (χ0n) is 18.4. The summed E-state index contributed by atoms with van der Waals surface area (Å²) >= 11 is 0. The lowest BCUT2D eigenvalue weighted by atomic mass is 10.1. The number of nitrogens with zero attached hydrogens (tertiary/aromatic N) is 2. The first-order valence-electron chi connectivity index (χ1n) is 11.1. The van der Waals surface area contributed by atoms with Crippen molar-refractivity contribution in [3.63, 3.8) is 0 Å². The number of halogens is 1. The Morgan fingerprint density at radius 2 is 1.35 bits per heavy atom. The topological polar surface area (TPSA) is 59.0 Å². The van der Waals surface area contributed by atoms with Crippen LogP contribution in [0.1, 0.15) is 11.4 Å². The molecule has 0 fully saturated rings.